The second kappa shape index (κ2) is 20.1. The first kappa shape index (κ1) is 51.5. The summed E-state index contributed by atoms with van der Waals surface area (Å²) in [4.78, 5) is 10.8. The number of phenolic OH excluding ortho intramolecular Hbond substituents is 1. The maximum Gasteiger partial charge on any atom is 0.149 e. The molecule has 4 nitrogen and oxygen atoms in total. The highest BCUT2D eigenvalue weighted by Crippen LogP contribution is 2.47. The molecule has 11 aromatic rings. The first-order valence-corrected chi connectivity index (χ1v) is 27.4. The minimum atomic E-state index is -0.337. The molecule has 2 aromatic heterocycles. The number of hydrogen-bond acceptors (Lipinski definition) is 3. The number of fused-ring (bicyclic) bond motifs is 1. The Bertz CT molecular complexity index is 3910. The van der Waals surface area contributed by atoms with E-state index in [9.17, 15) is 5.11 Å². The van der Waals surface area contributed by atoms with E-state index in [1.54, 1.807) is 0 Å². The zero-order valence-corrected chi connectivity index (χ0v) is 46.7. The van der Waals surface area contributed by atoms with Crippen LogP contribution >= 0.6 is 0 Å². The molecular weight excluding hydrogens is 947 g/mol. The number of hydrogen-bond donors (Lipinski definition) is 1. The Morgan fingerprint density at radius 1 is 0.346 bits per heavy atom. The molecular formula is C74H69N3O. The fourth-order valence-electron chi connectivity index (χ4n) is 11.0. The number of pyridine rings is 1. The van der Waals surface area contributed by atoms with E-state index in [1.165, 1.54) is 27.8 Å². The lowest BCUT2D eigenvalue weighted by atomic mass is 9.71. The predicted octanol–water partition coefficient (Wildman–Crippen LogP) is 19.4. The van der Waals surface area contributed by atoms with Gasteiger partial charge in [-0.1, -0.05) is 232 Å². The van der Waals surface area contributed by atoms with Crippen molar-refractivity contribution in [1.82, 2.24) is 14.5 Å². The van der Waals surface area contributed by atoms with Crippen molar-refractivity contribution >= 4 is 11.0 Å². The molecule has 0 saturated heterocycles. The van der Waals surface area contributed by atoms with Gasteiger partial charge in [-0.3, -0.25) is 9.55 Å². The van der Waals surface area contributed by atoms with Gasteiger partial charge < -0.3 is 5.11 Å². The van der Waals surface area contributed by atoms with Crippen molar-refractivity contribution in [3.05, 3.63) is 264 Å². The lowest BCUT2D eigenvalue weighted by Gasteiger charge is -2.32. The van der Waals surface area contributed by atoms with Gasteiger partial charge in [-0.05, 0) is 139 Å². The summed E-state index contributed by atoms with van der Waals surface area (Å²) in [5.74, 6) is 0.859. The van der Waals surface area contributed by atoms with E-state index in [2.05, 4.69) is 280 Å². The smallest absolute Gasteiger partial charge is 0.149 e. The Labute approximate surface area is 461 Å². The minimum Gasteiger partial charge on any atom is -0.507 e. The molecule has 386 valence electrons. The number of phenols is 1. The van der Waals surface area contributed by atoms with Gasteiger partial charge in [0.05, 0.1) is 28.0 Å². The van der Waals surface area contributed by atoms with Crippen molar-refractivity contribution in [3.63, 3.8) is 0 Å². The molecule has 11 rings (SSSR count). The van der Waals surface area contributed by atoms with Crippen LogP contribution in [0.1, 0.15) is 103 Å². The molecule has 0 radical (unpaired) electrons. The van der Waals surface area contributed by atoms with Gasteiger partial charge in [0, 0.05) is 33.9 Å². The number of aromatic hydroxyl groups is 1. The number of imidazole rings is 1. The molecule has 0 spiro atoms. The van der Waals surface area contributed by atoms with Gasteiger partial charge >= 0.3 is 0 Å². The van der Waals surface area contributed by atoms with Crippen molar-refractivity contribution in [2.45, 2.75) is 90.9 Å². The van der Waals surface area contributed by atoms with Gasteiger partial charge in [-0.15, -0.1) is 0 Å². The summed E-state index contributed by atoms with van der Waals surface area (Å²) < 4.78 is 2.29. The zero-order valence-electron chi connectivity index (χ0n) is 46.7. The van der Waals surface area contributed by atoms with Crippen molar-refractivity contribution in [1.29, 1.82) is 0 Å². The fraction of sp³-hybridized carbons (Fsp3) is 0.189. The van der Waals surface area contributed by atoms with Gasteiger partial charge in [-0.2, -0.15) is 0 Å². The largest absolute Gasteiger partial charge is 0.507 e. The lowest BCUT2D eigenvalue weighted by Crippen LogP contribution is -2.25. The zero-order chi connectivity index (χ0) is 54.6. The van der Waals surface area contributed by atoms with Crippen LogP contribution in [0, 0.1) is 0 Å². The summed E-state index contributed by atoms with van der Waals surface area (Å²) in [6.07, 6.45) is 1.94. The SMILES string of the molecule is CC(C)(C)c1cc(-c2cc(-c3ccc(C(C)(c4ccccc4)c4ccccc4)cc3)ccn2)cc(-c2cccc3c2nc(-c2cc(C(C)(C)C)cc(-c4ccccc4)c2O)n3-c2ccc(C(C)(C)C)cc2-c2ccccc2)c1. The quantitative estimate of drug-likeness (QED) is 0.139. The first-order valence-electron chi connectivity index (χ1n) is 27.4. The normalized spacial score (nSPS) is 12.3. The highest BCUT2D eigenvalue weighted by molar-refractivity contribution is 5.98. The van der Waals surface area contributed by atoms with Gasteiger partial charge in [0.1, 0.15) is 11.6 Å². The second-order valence-corrected chi connectivity index (χ2v) is 24.2. The summed E-state index contributed by atoms with van der Waals surface area (Å²) in [6.45, 7) is 22.6. The summed E-state index contributed by atoms with van der Waals surface area (Å²) >= 11 is 0. The molecule has 0 atom stereocenters. The topological polar surface area (TPSA) is 50.9 Å². The molecule has 0 fully saturated rings. The molecule has 9 aromatic carbocycles. The van der Waals surface area contributed by atoms with Crippen LogP contribution in [0.5, 0.6) is 5.75 Å². The lowest BCUT2D eigenvalue weighted by molar-refractivity contribution is 0.477. The summed E-state index contributed by atoms with van der Waals surface area (Å²) in [6, 6.07) is 80.4. The third kappa shape index (κ3) is 9.77. The van der Waals surface area contributed by atoms with Crippen LogP contribution in [0.15, 0.2) is 231 Å². The third-order valence-corrected chi connectivity index (χ3v) is 15.8. The highest BCUT2D eigenvalue weighted by Gasteiger charge is 2.32. The predicted molar refractivity (Wildman–Crippen MR) is 328 cm³/mol. The molecule has 0 bridgehead atoms. The molecule has 0 unspecified atom stereocenters. The maximum absolute atomic E-state index is 12.8. The maximum atomic E-state index is 12.8. The molecule has 1 N–H and O–H groups in total. The summed E-state index contributed by atoms with van der Waals surface area (Å²) in [5.41, 5.74) is 19.9. The average molecular weight is 1020 g/mol. The van der Waals surface area contributed by atoms with Crippen LogP contribution in [0.2, 0.25) is 0 Å². The van der Waals surface area contributed by atoms with Crippen LogP contribution in [0.4, 0.5) is 0 Å². The van der Waals surface area contributed by atoms with E-state index in [4.69, 9.17) is 9.97 Å². The number of aromatic nitrogens is 3. The highest BCUT2D eigenvalue weighted by atomic mass is 16.3. The van der Waals surface area contributed by atoms with Crippen molar-refractivity contribution < 1.29 is 5.11 Å². The van der Waals surface area contributed by atoms with Gasteiger partial charge in [0.25, 0.3) is 0 Å². The average Bonchev–Trinajstić information content (AvgIpc) is 4.01. The number of nitrogens with zero attached hydrogens (tertiary/aromatic N) is 3. The number of para-hydroxylation sites is 1. The second-order valence-electron chi connectivity index (χ2n) is 24.2. The minimum absolute atomic E-state index is 0.0963. The van der Waals surface area contributed by atoms with Crippen LogP contribution in [0.3, 0.4) is 0 Å². The van der Waals surface area contributed by atoms with Crippen LogP contribution in [-0.4, -0.2) is 19.6 Å². The molecule has 78 heavy (non-hydrogen) atoms. The van der Waals surface area contributed by atoms with E-state index in [0.717, 1.165) is 78.0 Å². The Balaban J connectivity index is 1.10. The van der Waals surface area contributed by atoms with Crippen molar-refractivity contribution in [2.75, 3.05) is 0 Å². The van der Waals surface area contributed by atoms with Crippen LogP contribution in [0.25, 0.3) is 83.9 Å². The fourth-order valence-corrected chi connectivity index (χ4v) is 11.0. The van der Waals surface area contributed by atoms with E-state index in [0.29, 0.717) is 11.4 Å². The third-order valence-electron chi connectivity index (χ3n) is 15.8. The van der Waals surface area contributed by atoms with E-state index in [-0.39, 0.29) is 27.4 Å². The van der Waals surface area contributed by atoms with E-state index < -0.39 is 0 Å². The standard InChI is InChI=1S/C74H69N3O/c1-71(2,3)58-38-39-66(62(46-58)50-24-15-11-16-25-50)77-67-33-23-32-61(68(67)76-70(77)64-48-60(73(7,8)9)47-63(69(64)78)51-26-17-12-18-27-51)53-42-54(44-59(43-53)72(4,5)6)65-45-52(40-41-75-65)49-34-36-57(37-35-49)74(10,55-28-19-13-20-29-55)56-30-21-14-22-31-56/h11-48,78H,1-10H3. The Hall–Kier alpha value is -8.60. The Kier molecular flexibility index (Phi) is 13.3. The molecule has 0 aliphatic heterocycles. The monoisotopic (exact) mass is 1020 g/mol. The molecule has 2 heterocycles. The molecule has 0 aliphatic carbocycles. The number of benzene rings is 9. The van der Waals surface area contributed by atoms with E-state index in [1.807, 2.05) is 24.4 Å². The molecule has 0 saturated carbocycles. The molecule has 0 amide bonds. The Morgan fingerprint density at radius 2 is 0.846 bits per heavy atom. The van der Waals surface area contributed by atoms with E-state index >= 15 is 0 Å². The number of rotatable bonds is 10. The van der Waals surface area contributed by atoms with Crippen molar-refractivity contribution in [3.8, 4) is 78.6 Å². The first-order chi connectivity index (χ1) is 37.4. The summed E-state index contributed by atoms with van der Waals surface area (Å²) in [5, 5.41) is 12.8. The van der Waals surface area contributed by atoms with Crippen LogP contribution < -0.4 is 0 Å². The molecule has 4 heteroatoms. The van der Waals surface area contributed by atoms with Crippen LogP contribution in [-0.2, 0) is 21.7 Å². The van der Waals surface area contributed by atoms with Crippen molar-refractivity contribution in [2.24, 2.45) is 0 Å². The Morgan fingerprint density at radius 3 is 1.44 bits per heavy atom. The van der Waals surface area contributed by atoms with Gasteiger partial charge in [-0.25, -0.2) is 4.98 Å². The molecule has 0 aliphatic rings. The van der Waals surface area contributed by atoms with Gasteiger partial charge in [0.2, 0.25) is 0 Å². The summed E-state index contributed by atoms with van der Waals surface area (Å²) in [7, 11) is 0. The van der Waals surface area contributed by atoms with Gasteiger partial charge in [0.15, 0.2) is 0 Å².